The number of para-hydroxylation sites is 1. The number of pyridine rings is 1. The highest BCUT2D eigenvalue weighted by atomic mass is 35.5. The van der Waals surface area contributed by atoms with Gasteiger partial charge in [0.25, 0.3) is 11.8 Å². The third kappa shape index (κ3) is 4.48. The van der Waals surface area contributed by atoms with Gasteiger partial charge in [0.1, 0.15) is 6.07 Å². The molecule has 0 radical (unpaired) electrons. The van der Waals surface area contributed by atoms with Gasteiger partial charge in [-0.1, -0.05) is 29.8 Å². The van der Waals surface area contributed by atoms with Crippen LogP contribution in [-0.2, 0) is 0 Å². The van der Waals surface area contributed by atoms with E-state index >= 15 is 0 Å². The van der Waals surface area contributed by atoms with E-state index in [9.17, 15) is 9.59 Å². The van der Waals surface area contributed by atoms with Crippen molar-refractivity contribution in [2.75, 3.05) is 10.6 Å². The first-order chi connectivity index (χ1) is 13.1. The molecule has 132 valence electrons. The molecule has 2 amide bonds. The first-order valence-electron chi connectivity index (χ1n) is 7.89. The smallest absolute Gasteiger partial charge is 0.257 e. The summed E-state index contributed by atoms with van der Waals surface area (Å²) in [6.07, 6.45) is 2.71. The molecule has 0 saturated carbocycles. The molecule has 3 aromatic rings. The lowest BCUT2D eigenvalue weighted by atomic mass is 10.1. The van der Waals surface area contributed by atoms with Gasteiger partial charge in [-0.3, -0.25) is 14.6 Å². The van der Waals surface area contributed by atoms with Crippen molar-refractivity contribution in [2.45, 2.75) is 0 Å². The predicted molar refractivity (Wildman–Crippen MR) is 103 cm³/mol. The topological polar surface area (TPSA) is 94.9 Å². The van der Waals surface area contributed by atoms with Gasteiger partial charge in [0, 0.05) is 23.1 Å². The summed E-state index contributed by atoms with van der Waals surface area (Å²) in [5, 5.41) is 14.9. The number of amides is 2. The molecule has 0 saturated heterocycles. The van der Waals surface area contributed by atoms with Gasteiger partial charge in [-0.2, -0.15) is 5.26 Å². The van der Waals surface area contributed by atoms with Gasteiger partial charge in [-0.15, -0.1) is 0 Å². The standard InChI is InChI=1S/C20H13ClN4O2/c21-16-5-3-6-17(9-16)24-19(26)14-8-15(12-23-11-14)20(27)25-18-7-2-1-4-13(18)10-22/h1-9,11-12H,(H,24,26)(H,25,27). The summed E-state index contributed by atoms with van der Waals surface area (Å²) in [6.45, 7) is 0. The van der Waals surface area contributed by atoms with E-state index in [1.54, 1.807) is 48.5 Å². The van der Waals surface area contributed by atoms with Gasteiger partial charge < -0.3 is 10.6 Å². The van der Waals surface area contributed by atoms with Crippen molar-refractivity contribution in [1.82, 2.24) is 4.98 Å². The van der Waals surface area contributed by atoms with E-state index in [0.717, 1.165) is 0 Å². The van der Waals surface area contributed by atoms with Crippen LogP contribution in [0.2, 0.25) is 5.02 Å². The van der Waals surface area contributed by atoms with Gasteiger partial charge in [-0.25, -0.2) is 0 Å². The Labute approximate surface area is 160 Å². The second-order valence-corrected chi connectivity index (χ2v) is 5.97. The third-order valence-electron chi connectivity index (χ3n) is 3.64. The van der Waals surface area contributed by atoms with E-state index in [1.807, 2.05) is 6.07 Å². The summed E-state index contributed by atoms with van der Waals surface area (Å²) in [6, 6.07) is 16.8. The van der Waals surface area contributed by atoms with Crippen molar-refractivity contribution in [3.63, 3.8) is 0 Å². The second-order valence-electron chi connectivity index (χ2n) is 5.54. The number of benzene rings is 2. The summed E-state index contributed by atoms with van der Waals surface area (Å²) in [5.74, 6) is -0.889. The molecule has 7 heteroatoms. The minimum Gasteiger partial charge on any atom is -0.322 e. The van der Waals surface area contributed by atoms with E-state index in [2.05, 4.69) is 15.6 Å². The first-order valence-corrected chi connectivity index (χ1v) is 8.27. The minimum absolute atomic E-state index is 0.196. The molecule has 0 aliphatic heterocycles. The largest absolute Gasteiger partial charge is 0.322 e. The minimum atomic E-state index is -0.470. The molecule has 0 aliphatic carbocycles. The van der Waals surface area contributed by atoms with Gasteiger partial charge in [0.15, 0.2) is 0 Å². The maximum absolute atomic E-state index is 12.5. The predicted octanol–water partition coefficient (Wildman–Crippen LogP) is 4.11. The number of aromatic nitrogens is 1. The van der Waals surface area contributed by atoms with Gasteiger partial charge in [-0.05, 0) is 36.4 Å². The molecule has 0 unspecified atom stereocenters. The SMILES string of the molecule is N#Cc1ccccc1NC(=O)c1cncc(C(=O)Nc2cccc(Cl)c2)c1. The number of rotatable bonds is 4. The summed E-state index contributed by atoms with van der Waals surface area (Å²) < 4.78 is 0. The summed E-state index contributed by atoms with van der Waals surface area (Å²) in [4.78, 5) is 28.8. The molecule has 0 bridgehead atoms. The van der Waals surface area contributed by atoms with Crippen molar-refractivity contribution < 1.29 is 9.59 Å². The normalized spacial score (nSPS) is 9.93. The second kappa shape index (κ2) is 8.13. The van der Waals surface area contributed by atoms with Crippen molar-refractivity contribution in [1.29, 1.82) is 5.26 Å². The van der Waals surface area contributed by atoms with Crippen molar-refractivity contribution in [2.24, 2.45) is 0 Å². The number of nitrogens with zero attached hydrogens (tertiary/aromatic N) is 2. The van der Waals surface area contributed by atoms with E-state index in [4.69, 9.17) is 16.9 Å². The molecule has 1 aromatic heterocycles. The zero-order valence-corrected chi connectivity index (χ0v) is 14.7. The molecule has 1 heterocycles. The highest BCUT2D eigenvalue weighted by molar-refractivity contribution is 6.31. The lowest BCUT2D eigenvalue weighted by Gasteiger charge is -2.08. The first kappa shape index (κ1) is 18.1. The number of halogens is 1. The van der Waals surface area contributed by atoms with Gasteiger partial charge in [0.05, 0.1) is 22.4 Å². The van der Waals surface area contributed by atoms with E-state index in [0.29, 0.717) is 22.0 Å². The molecule has 2 aromatic carbocycles. The Morgan fingerprint density at radius 1 is 0.926 bits per heavy atom. The zero-order chi connectivity index (χ0) is 19.2. The summed E-state index contributed by atoms with van der Waals surface area (Å²) >= 11 is 5.90. The average molecular weight is 377 g/mol. The number of hydrogen-bond acceptors (Lipinski definition) is 4. The van der Waals surface area contributed by atoms with E-state index < -0.39 is 11.8 Å². The summed E-state index contributed by atoms with van der Waals surface area (Å²) in [7, 11) is 0. The monoisotopic (exact) mass is 376 g/mol. The Bertz CT molecular complexity index is 1060. The Kier molecular flexibility index (Phi) is 5.45. The van der Waals surface area contributed by atoms with Crippen LogP contribution >= 0.6 is 11.6 Å². The van der Waals surface area contributed by atoms with Crippen LogP contribution in [0.5, 0.6) is 0 Å². The Morgan fingerprint density at radius 2 is 1.63 bits per heavy atom. The van der Waals surface area contributed by atoms with Gasteiger partial charge in [0.2, 0.25) is 0 Å². The highest BCUT2D eigenvalue weighted by Crippen LogP contribution is 2.17. The van der Waals surface area contributed by atoms with Crippen LogP contribution < -0.4 is 10.6 Å². The Hall–Kier alpha value is -3.69. The number of nitriles is 1. The molecule has 3 rings (SSSR count). The number of anilines is 2. The lowest BCUT2D eigenvalue weighted by molar-refractivity contribution is 0.102. The third-order valence-corrected chi connectivity index (χ3v) is 3.88. The van der Waals surface area contributed by atoms with Crippen LogP contribution in [0.15, 0.2) is 67.0 Å². The van der Waals surface area contributed by atoms with Crippen molar-refractivity contribution >= 4 is 34.8 Å². The van der Waals surface area contributed by atoms with Crippen molar-refractivity contribution in [3.8, 4) is 6.07 Å². The molecular weight excluding hydrogens is 364 g/mol. The van der Waals surface area contributed by atoms with Gasteiger partial charge >= 0.3 is 0 Å². The van der Waals surface area contributed by atoms with Crippen LogP contribution in [0.4, 0.5) is 11.4 Å². The number of carbonyl (C=O) groups is 2. The Morgan fingerprint density at radius 3 is 2.33 bits per heavy atom. The fourth-order valence-corrected chi connectivity index (χ4v) is 2.53. The molecule has 0 aliphatic rings. The summed E-state index contributed by atoms with van der Waals surface area (Å²) in [5.41, 5.74) is 1.68. The van der Waals surface area contributed by atoms with Crippen LogP contribution in [0, 0.1) is 11.3 Å². The number of nitrogens with one attached hydrogen (secondary N) is 2. The molecule has 0 fully saturated rings. The lowest BCUT2D eigenvalue weighted by Crippen LogP contribution is -2.16. The van der Waals surface area contributed by atoms with E-state index in [1.165, 1.54) is 18.5 Å². The molecule has 2 N–H and O–H groups in total. The van der Waals surface area contributed by atoms with Crippen LogP contribution in [0.3, 0.4) is 0 Å². The molecule has 6 nitrogen and oxygen atoms in total. The zero-order valence-electron chi connectivity index (χ0n) is 13.9. The van der Waals surface area contributed by atoms with Crippen LogP contribution in [0.25, 0.3) is 0 Å². The quantitative estimate of drug-likeness (QED) is 0.716. The fraction of sp³-hybridized carbons (Fsp3) is 0. The average Bonchev–Trinajstić information content (AvgIpc) is 2.68. The van der Waals surface area contributed by atoms with E-state index in [-0.39, 0.29) is 11.1 Å². The van der Waals surface area contributed by atoms with Crippen LogP contribution in [-0.4, -0.2) is 16.8 Å². The number of carbonyl (C=O) groups excluding carboxylic acids is 2. The fourth-order valence-electron chi connectivity index (χ4n) is 2.34. The molecule has 27 heavy (non-hydrogen) atoms. The molecule has 0 atom stereocenters. The maximum atomic E-state index is 12.5. The van der Waals surface area contributed by atoms with Crippen molar-refractivity contribution in [3.05, 3.63) is 88.7 Å². The number of hydrogen-bond donors (Lipinski definition) is 2. The Balaban J connectivity index is 1.77. The van der Waals surface area contributed by atoms with Crippen LogP contribution in [0.1, 0.15) is 26.3 Å². The molecule has 0 spiro atoms. The highest BCUT2D eigenvalue weighted by Gasteiger charge is 2.13. The maximum Gasteiger partial charge on any atom is 0.257 e. The molecular formula is C20H13ClN4O2.